The van der Waals surface area contributed by atoms with Gasteiger partial charge in [-0.1, -0.05) is 19.1 Å². The highest BCUT2D eigenvalue weighted by Gasteiger charge is 2.25. The molecule has 1 aromatic carbocycles. The molecule has 5 nitrogen and oxygen atoms in total. The normalized spacial score (nSPS) is 21.5. The fourth-order valence-corrected chi connectivity index (χ4v) is 2.80. The van der Waals surface area contributed by atoms with Gasteiger partial charge in [0.2, 0.25) is 0 Å². The minimum atomic E-state index is -0.379. The van der Waals surface area contributed by atoms with Crippen LogP contribution in [0.4, 0.5) is 4.39 Å². The van der Waals surface area contributed by atoms with Crippen molar-refractivity contribution >= 4 is 5.91 Å². The fourth-order valence-electron chi connectivity index (χ4n) is 2.80. The number of hydrogen-bond donors (Lipinski definition) is 3. The van der Waals surface area contributed by atoms with E-state index >= 15 is 0 Å². The van der Waals surface area contributed by atoms with E-state index in [2.05, 4.69) is 27.8 Å². The number of H-pyrrole nitrogens is 1. The molecule has 1 aliphatic rings. The van der Waals surface area contributed by atoms with Gasteiger partial charge in [-0.05, 0) is 37.6 Å². The second kappa shape index (κ2) is 6.27. The lowest BCUT2D eigenvalue weighted by Gasteiger charge is -2.30. The molecule has 116 valence electrons. The van der Waals surface area contributed by atoms with Crippen LogP contribution in [0.25, 0.3) is 11.3 Å². The maximum Gasteiger partial charge on any atom is 0.255 e. The molecule has 1 saturated heterocycles. The summed E-state index contributed by atoms with van der Waals surface area (Å²) in [7, 11) is 0. The van der Waals surface area contributed by atoms with Gasteiger partial charge < -0.3 is 10.6 Å². The van der Waals surface area contributed by atoms with E-state index in [-0.39, 0.29) is 17.8 Å². The van der Waals surface area contributed by atoms with Crippen molar-refractivity contribution in [2.75, 3.05) is 13.1 Å². The highest BCUT2D eigenvalue weighted by molar-refractivity contribution is 5.99. The van der Waals surface area contributed by atoms with Crippen molar-refractivity contribution < 1.29 is 9.18 Å². The summed E-state index contributed by atoms with van der Waals surface area (Å²) in [6.45, 7) is 3.88. The summed E-state index contributed by atoms with van der Waals surface area (Å²) in [4.78, 5) is 12.5. The lowest BCUT2D eigenvalue weighted by atomic mass is 9.95. The Hall–Kier alpha value is -2.21. The molecule has 2 atom stereocenters. The summed E-state index contributed by atoms with van der Waals surface area (Å²) in [5.41, 5.74) is 1.14. The maximum atomic E-state index is 13.9. The van der Waals surface area contributed by atoms with E-state index in [1.165, 1.54) is 12.3 Å². The number of carbonyl (C=O) groups excluding carboxylic acids is 1. The number of hydrogen-bond acceptors (Lipinski definition) is 3. The second-order valence-electron chi connectivity index (χ2n) is 5.69. The third kappa shape index (κ3) is 2.87. The molecule has 2 heterocycles. The maximum absolute atomic E-state index is 13.9. The van der Waals surface area contributed by atoms with Gasteiger partial charge in [0.1, 0.15) is 5.82 Å². The van der Waals surface area contributed by atoms with Crippen LogP contribution < -0.4 is 10.6 Å². The zero-order chi connectivity index (χ0) is 15.5. The summed E-state index contributed by atoms with van der Waals surface area (Å²) in [5.74, 6) is -0.233. The van der Waals surface area contributed by atoms with Crippen molar-refractivity contribution in [3.05, 3.63) is 41.8 Å². The number of nitrogens with one attached hydrogen (secondary N) is 3. The topological polar surface area (TPSA) is 69.8 Å². The van der Waals surface area contributed by atoms with E-state index < -0.39 is 0 Å². The molecular weight excluding hydrogens is 283 g/mol. The van der Waals surface area contributed by atoms with Crippen LogP contribution in [0, 0.1) is 11.7 Å². The van der Waals surface area contributed by atoms with Crippen molar-refractivity contribution in [1.29, 1.82) is 0 Å². The van der Waals surface area contributed by atoms with Crippen LogP contribution >= 0.6 is 0 Å². The van der Waals surface area contributed by atoms with Crippen LogP contribution in [0.2, 0.25) is 0 Å². The molecule has 22 heavy (non-hydrogen) atoms. The van der Waals surface area contributed by atoms with Crippen LogP contribution in [0.1, 0.15) is 23.7 Å². The average Bonchev–Trinajstić information content (AvgIpc) is 2.99. The van der Waals surface area contributed by atoms with Gasteiger partial charge in [-0.15, -0.1) is 0 Å². The zero-order valence-electron chi connectivity index (χ0n) is 12.4. The van der Waals surface area contributed by atoms with Crippen LogP contribution in [-0.2, 0) is 0 Å². The van der Waals surface area contributed by atoms with Gasteiger partial charge >= 0.3 is 0 Å². The Labute approximate surface area is 128 Å². The number of amides is 1. The Morgan fingerprint density at radius 2 is 2.23 bits per heavy atom. The van der Waals surface area contributed by atoms with Crippen molar-refractivity contribution in [3.63, 3.8) is 0 Å². The molecule has 1 fully saturated rings. The van der Waals surface area contributed by atoms with Crippen LogP contribution in [0.5, 0.6) is 0 Å². The lowest BCUT2D eigenvalue weighted by Crippen LogP contribution is -2.48. The number of benzene rings is 1. The molecule has 2 unspecified atom stereocenters. The lowest BCUT2D eigenvalue weighted by molar-refractivity contribution is 0.0915. The van der Waals surface area contributed by atoms with Crippen LogP contribution in [0.3, 0.4) is 0 Å². The Kier molecular flexibility index (Phi) is 4.20. The smallest absolute Gasteiger partial charge is 0.255 e. The molecule has 0 radical (unpaired) electrons. The van der Waals surface area contributed by atoms with Crippen molar-refractivity contribution in [2.24, 2.45) is 5.92 Å². The first-order valence-electron chi connectivity index (χ1n) is 7.46. The molecular formula is C16H19FN4O. The predicted octanol–water partition coefficient (Wildman–Crippen LogP) is 1.94. The molecule has 0 saturated carbocycles. The van der Waals surface area contributed by atoms with Crippen molar-refractivity contribution in [1.82, 2.24) is 20.8 Å². The first kappa shape index (κ1) is 14.7. The largest absolute Gasteiger partial charge is 0.349 e. The molecule has 0 aliphatic carbocycles. The Balaban J connectivity index is 1.82. The molecule has 1 aliphatic heterocycles. The third-order valence-corrected chi connectivity index (χ3v) is 4.13. The highest BCUT2D eigenvalue weighted by atomic mass is 19.1. The van der Waals surface area contributed by atoms with Gasteiger partial charge in [0.15, 0.2) is 0 Å². The summed E-state index contributed by atoms with van der Waals surface area (Å²) in [6.07, 6.45) is 2.34. The van der Waals surface area contributed by atoms with Gasteiger partial charge in [-0.25, -0.2) is 4.39 Å². The van der Waals surface area contributed by atoms with Gasteiger partial charge in [-0.2, -0.15) is 5.10 Å². The Bertz CT molecular complexity index is 670. The molecule has 2 aromatic rings. The van der Waals surface area contributed by atoms with Crippen molar-refractivity contribution in [3.8, 4) is 11.3 Å². The standard InChI is InChI=1S/C16H19FN4O/c1-10-8-18-7-6-14(10)20-16(22)12-9-19-21-15(12)11-4-2-3-5-13(11)17/h2-5,9-10,14,18H,6-8H2,1H3,(H,19,21)(H,20,22). The van der Waals surface area contributed by atoms with Gasteiger partial charge in [0.05, 0.1) is 17.5 Å². The fraction of sp³-hybridized carbons (Fsp3) is 0.375. The van der Waals surface area contributed by atoms with E-state index in [1.807, 2.05) is 0 Å². The van der Waals surface area contributed by atoms with Gasteiger partial charge in [-0.3, -0.25) is 9.89 Å². The minimum absolute atomic E-state index is 0.122. The summed E-state index contributed by atoms with van der Waals surface area (Å²) >= 11 is 0. The number of carbonyl (C=O) groups is 1. The summed E-state index contributed by atoms with van der Waals surface area (Å²) in [6, 6.07) is 6.47. The molecule has 3 N–H and O–H groups in total. The molecule has 6 heteroatoms. The highest BCUT2D eigenvalue weighted by Crippen LogP contribution is 2.24. The molecule has 1 amide bonds. The molecule has 0 bridgehead atoms. The quantitative estimate of drug-likeness (QED) is 0.811. The number of nitrogens with zero attached hydrogens (tertiary/aromatic N) is 1. The van der Waals surface area contributed by atoms with Gasteiger partial charge in [0, 0.05) is 11.6 Å². The third-order valence-electron chi connectivity index (χ3n) is 4.13. The summed E-state index contributed by atoms with van der Waals surface area (Å²) in [5, 5.41) is 13.0. The minimum Gasteiger partial charge on any atom is -0.349 e. The van der Waals surface area contributed by atoms with Crippen LogP contribution in [0.15, 0.2) is 30.5 Å². The molecule has 1 aromatic heterocycles. The van der Waals surface area contributed by atoms with Gasteiger partial charge in [0.25, 0.3) is 5.91 Å². The Morgan fingerprint density at radius 3 is 3.00 bits per heavy atom. The van der Waals surface area contributed by atoms with Crippen molar-refractivity contribution in [2.45, 2.75) is 19.4 Å². The number of aromatic amines is 1. The molecule has 3 rings (SSSR count). The van der Waals surface area contributed by atoms with E-state index in [1.54, 1.807) is 18.2 Å². The van der Waals surface area contributed by atoms with E-state index in [4.69, 9.17) is 0 Å². The number of rotatable bonds is 3. The van der Waals surface area contributed by atoms with E-state index in [0.717, 1.165) is 19.5 Å². The first-order valence-corrected chi connectivity index (χ1v) is 7.46. The predicted molar refractivity (Wildman–Crippen MR) is 81.9 cm³/mol. The van der Waals surface area contributed by atoms with Crippen LogP contribution in [-0.4, -0.2) is 35.2 Å². The SMILES string of the molecule is CC1CNCCC1NC(=O)c1cn[nH]c1-c1ccccc1F. The van der Waals surface area contributed by atoms with E-state index in [9.17, 15) is 9.18 Å². The average molecular weight is 302 g/mol. The Morgan fingerprint density at radius 1 is 1.41 bits per heavy atom. The second-order valence-corrected chi connectivity index (χ2v) is 5.69. The van der Waals surface area contributed by atoms with E-state index in [0.29, 0.717) is 22.7 Å². The molecule has 0 spiro atoms. The summed E-state index contributed by atoms with van der Waals surface area (Å²) < 4.78 is 13.9. The number of aromatic nitrogens is 2. The number of piperidine rings is 1. The monoisotopic (exact) mass is 302 g/mol. The first-order chi connectivity index (χ1) is 10.7. The zero-order valence-corrected chi connectivity index (χ0v) is 12.4. The number of halogens is 1.